The maximum atomic E-state index is 4.30. The van der Waals surface area contributed by atoms with E-state index in [1.54, 1.807) is 0 Å². The van der Waals surface area contributed by atoms with E-state index in [4.69, 9.17) is 0 Å². The number of aromatic nitrogens is 1. The molecule has 0 amide bonds. The van der Waals surface area contributed by atoms with E-state index in [9.17, 15) is 0 Å². The van der Waals surface area contributed by atoms with E-state index in [0.29, 0.717) is 10.3 Å². The molecule has 32 heavy (non-hydrogen) atoms. The van der Waals surface area contributed by atoms with Crippen LogP contribution in [-0.2, 0) is 0 Å². The van der Waals surface area contributed by atoms with Gasteiger partial charge in [-0.25, -0.2) is 0 Å². The third-order valence-electron chi connectivity index (χ3n) is 6.02. The molecule has 1 heterocycles. The Morgan fingerprint density at radius 2 is 1.53 bits per heavy atom. The fraction of sp³-hybridized carbons (Fsp3) is 0.379. The van der Waals surface area contributed by atoms with Gasteiger partial charge in [0.2, 0.25) is 0 Å². The van der Waals surface area contributed by atoms with E-state index >= 15 is 0 Å². The normalized spacial score (nSPS) is 13.2. The minimum Gasteiger partial charge on any atom is -0.314 e. The summed E-state index contributed by atoms with van der Waals surface area (Å²) in [5.41, 5.74) is 7.29. The van der Waals surface area contributed by atoms with Crippen molar-refractivity contribution in [3.8, 4) is 5.69 Å². The minimum absolute atomic E-state index is 0.182. The van der Waals surface area contributed by atoms with Crippen LogP contribution in [0.2, 0.25) is 0 Å². The van der Waals surface area contributed by atoms with E-state index < -0.39 is 0 Å². The van der Waals surface area contributed by atoms with E-state index in [1.165, 1.54) is 33.3 Å². The second-order valence-corrected chi connectivity index (χ2v) is 15.4. The summed E-state index contributed by atoms with van der Waals surface area (Å²) in [6, 6.07) is 15.2. The van der Waals surface area contributed by atoms with Crippen molar-refractivity contribution in [3.63, 3.8) is 0 Å². The SMILES string of the molecule is C=C(C)c1cccc(/C(C)=C\CP(C(C)(C)C)C(C)(C)C)c1-n1cc(Br)c2ccccc21. The van der Waals surface area contributed by atoms with Gasteiger partial charge in [0, 0.05) is 27.2 Å². The number of hydrogen-bond donors (Lipinski definition) is 0. The maximum Gasteiger partial charge on any atom is 0.0605 e. The van der Waals surface area contributed by atoms with Crippen molar-refractivity contribution in [1.82, 2.24) is 4.57 Å². The largest absolute Gasteiger partial charge is 0.314 e. The molecule has 3 aromatic rings. The third kappa shape index (κ3) is 5.13. The summed E-state index contributed by atoms with van der Waals surface area (Å²) in [7, 11) is -0.182. The summed E-state index contributed by atoms with van der Waals surface area (Å²) in [6.07, 6.45) is 5.80. The summed E-state index contributed by atoms with van der Waals surface area (Å²) in [4.78, 5) is 0. The van der Waals surface area contributed by atoms with Gasteiger partial charge in [-0.05, 0) is 63.5 Å². The quantitative estimate of drug-likeness (QED) is 0.301. The molecule has 2 aromatic carbocycles. The van der Waals surface area contributed by atoms with E-state index in [0.717, 1.165) is 16.2 Å². The number of hydrogen-bond acceptors (Lipinski definition) is 0. The smallest absolute Gasteiger partial charge is 0.0605 e. The van der Waals surface area contributed by atoms with E-state index in [-0.39, 0.29) is 7.92 Å². The second kappa shape index (κ2) is 9.32. The Hall–Kier alpha value is -1.63. The highest BCUT2D eigenvalue weighted by atomic mass is 79.9. The zero-order valence-electron chi connectivity index (χ0n) is 20.9. The van der Waals surface area contributed by atoms with Gasteiger partial charge in [-0.15, -0.1) is 0 Å². The van der Waals surface area contributed by atoms with Crippen molar-refractivity contribution in [3.05, 3.63) is 76.9 Å². The van der Waals surface area contributed by atoms with Crippen molar-refractivity contribution in [2.24, 2.45) is 0 Å². The summed E-state index contributed by atoms with van der Waals surface area (Å²) in [5.74, 6) is 0. The number of benzene rings is 2. The average molecular weight is 511 g/mol. The van der Waals surface area contributed by atoms with E-state index in [2.05, 4.69) is 137 Å². The van der Waals surface area contributed by atoms with Crippen LogP contribution in [0.3, 0.4) is 0 Å². The molecule has 0 aliphatic rings. The van der Waals surface area contributed by atoms with E-state index in [1.807, 2.05) is 0 Å². The van der Waals surface area contributed by atoms with Gasteiger partial charge in [0.1, 0.15) is 0 Å². The first-order valence-electron chi connectivity index (χ1n) is 11.3. The Morgan fingerprint density at radius 3 is 2.12 bits per heavy atom. The lowest BCUT2D eigenvalue weighted by Gasteiger charge is -2.41. The number of rotatable bonds is 5. The Morgan fingerprint density at radius 1 is 0.938 bits per heavy atom. The molecular weight excluding hydrogens is 473 g/mol. The molecule has 0 atom stereocenters. The van der Waals surface area contributed by atoms with Gasteiger partial charge in [-0.2, -0.15) is 0 Å². The van der Waals surface area contributed by atoms with Crippen molar-refractivity contribution >= 4 is 45.9 Å². The summed E-state index contributed by atoms with van der Waals surface area (Å²) >= 11 is 3.78. The molecule has 0 N–H and O–H groups in total. The highest BCUT2D eigenvalue weighted by molar-refractivity contribution is 9.10. The van der Waals surface area contributed by atoms with Crippen molar-refractivity contribution in [2.45, 2.75) is 65.7 Å². The molecule has 0 bridgehead atoms. The van der Waals surface area contributed by atoms with Crippen molar-refractivity contribution < 1.29 is 0 Å². The summed E-state index contributed by atoms with van der Waals surface area (Å²) in [5, 5.41) is 1.85. The molecule has 3 heteroatoms. The molecule has 1 nitrogen and oxygen atoms in total. The lowest BCUT2D eigenvalue weighted by atomic mass is 9.97. The van der Waals surface area contributed by atoms with Gasteiger partial charge >= 0.3 is 0 Å². The lowest BCUT2D eigenvalue weighted by molar-refractivity contribution is 0.707. The van der Waals surface area contributed by atoms with Crippen LogP contribution in [-0.4, -0.2) is 21.0 Å². The number of fused-ring (bicyclic) bond motifs is 1. The van der Waals surface area contributed by atoms with Crippen LogP contribution in [0, 0.1) is 0 Å². The Balaban J connectivity index is 2.19. The molecular formula is C29H37BrNP. The first kappa shape index (κ1) is 25.0. The molecule has 0 radical (unpaired) electrons. The second-order valence-electron chi connectivity index (χ2n) is 10.7. The fourth-order valence-electron chi connectivity index (χ4n) is 4.68. The molecule has 3 rings (SSSR count). The Kier molecular flexibility index (Phi) is 7.28. The summed E-state index contributed by atoms with van der Waals surface area (Å²) < 4.78 is 3.44. The molecule has 0 aliphatic heterocycles. The standard InChI is InChI=1S/C29H37BrNP/c1-20(2)22-14-12-15-23(21(3)17-18-32(28(4,5)6)29(7,8)9)27(22)31-19-25(30)24-13-10-11-16-26(24)31/h10-17,19H,1,18H2,2-9H3/b21-17-. The highest BCUT2D eigenvalue weighted by Crippen LogP contribution is 2.59. The predicted molar refractivity (Wildman–Crippen MR) is 151 cm³/mol. The van der Waals surface area contributed by atoms with Crippen LogP contribution >= 0.6 is 23.9 Å². The number of nitrogens with zero attached hydrogens (tertiary/aromatic N) is 1. The summed E-state index contributed by atoms with van der Waals surface area (Å²) in [6.45, 7) is 23.0. The third-order valence-corrected chi connectivity index (χ3v) is 10.4. The molecule has 1 aromatic heterocycles. The fourth-order valence-corrected chi connectivity index (χ4v) is 8.79. The van der Waals surface area contributed by atoms with Crippen LogP contribution in [0.25, 0.3) is 27.7 Å². The minimum atomic E-state index is -0.182. The molecule has 0 spiro atoms. The van der Waals surface area contributed by atoms with Crippen molar-refractivity contribution in [1.29, 1.82) is 0 Å². The first-order chi connectivity index (χ1) is 14.8. The van der Waals surface area contributed by atoms with Gasteiger partial charge < -0.3 is 4.57 Å². The van der Waals surface area contributed by atoms with Crippen LogP contribution in [0.5, 0.6) is 0 Å². The van der Waals surface area contributed by atoms with Crippen LogP contribution in [0.1, 0.15) is 66.5 Å². The zero-order valence-corrected chi connectivity index (χ0v) is 23.4. The molecule has 0 saturated heterocycles. The Bertz CT molecular complexity index is 1150. The first-order valence-corrected chi connectivity index (χ1v) is 13.6. The number of allylic oxidation sites excluding steroid dienone is 3. The molecule has 0 unspecified atom stereocenters. The van der Waals surface area contributed by atoms with Crippen LogP contribution < -0.4 is 0 Å². The maximum absolute atomic E-state index is 4.30. The lowest BCUT2D eigenvalue weighted by Crippen LogP contribution is -2.26. The zero-order chi connectivity index (χ0) is 23.8. The highest BCUT2D eigenvalue weighted by Gasteiger charge is 2.33. The molecule has 170 valence electrons. The number of halogens is 1. The average Bonchev–Trinajstić information content (AvgIpc) is 3.02. The monoisotopic (exact) mass is 509 g/mol. The molecule has 0 aliphatic carbocycles. The van der Waals surface area contributed by atoms with Crippen molar-refractivity contribution in [2.75, 3.05) is 6.16 Å². The van der Waals surface area contributed by atoms with Gasteiger partial charge in [0.25, 0.3) is 0 Å². The molecule has 0 saturated carbocycles. The van der Waals surface area contributed by atoms with Crippen LogP contribution in [0.15, 0.2) is 65.8 Å². The Labute approximate surface area is 204 Å². The van der Waals surface area contributed by atoms with Crippen LogP contribution in [0.4, 0.5) is 0 Å². The number of para-hydroxylation sites is 2. The topological polar surface area (TPSA) is 4.93 Å². The van der Waals surface area contributed by atoms with Gasteiger partial charge in [0.15, 0.2) is 0 Å². The van der Waals surface area contributed by atoms with Gasteiger partial charge in [-0.3, -0.25) is 0 Å². The van der Waals surface area contributed by atoms with Gasteiger partial charge in [0.05, 0.1) is 11.2 Å². The molecule has 0 fully saturated rings. The predicted octanol–water partition coefficient (Wildman–Crippen LogP) is 9.91. The van der Waals surface area contributed by atoms with Gasteiger partial charge in [-0.1, -0.05) is 98.5 Å².